The van der Waals surface area contributed by atoms with E-state index in [0.29, 0.717) is 6.54 Å². The lowest BCUT2D eigenvalue weighted by atomic mass is 10.5. The summed E-state index contributed by atoms with van der Waals surface area (Å²) >= 11 is 0. The Morgan fingerprint density at radius 3 is 2.83 bits per heavy atom. The minimum atomic E-state index is -0.516. The summed E-state index contributed by atoms with van der Waals surface area (Å²) in [6.07, 6.45) is 1.35. The van der Waals surface area contributed by atoms with Crippen molar-refractivity contribution < 1.29 is 9.66 Å². The van der Waals surface area contributed by atoms with E-state index in [2.05, 4.69) is 5.10 Å². The highest BCUT2D eigenvalue weighted by molar-refractivity contribution is 5.38. The lowest BCUT2D eigenvalue weighted by Crippen LogP contribution is -1.94. The molecule has 0 bridgehead atoms. The molecule has 0 amide bonds. The summed E-state index contributed by atoms with van der Waals surface area (Å²) < 4.78 is 6.17. The molecular formula is C6H9N3O3. The highest BCUT2D eigenvalue weighted by Gasteiger charge is 2.19. The molecule has 0 aromatic carbocycles. The van der Waals surface area contributed by atoms with Gasteiger partial charge in [0.1, 0.15) is 6.20 Å². The van der Waals surface area contributed by atoms with Crippen molar-refractivity contribution in [1.82, 2.24) is 9.78 Å². The fourth-order valence-electron chi connectivity index (χ4n) is 0.826. The van der Waals surface area contributed by atoms with Crippen LogP contribution in [-0.2, 0) is 6.54 Å². The average Bonchev–Trinajstić information content (AvgIpc) is 2.47. The van der Waals surface area contributed by atoms with Gasteiger partial charge in [-0.3, -0.25) is 14.8 Å². The van der Waals surface area contributed by atoms with E-state index in [-0.39, 0.29) is 11.6 Å². The smallest absolute Gasteiger partial charge is 0.350 e. The summed E-state index contributed by atoms with van der Waals surface area (Å²) in [6, 6.07) is 0. The lowest BCUT2D eigenvalue weighted by molar-refractivity contribution is -0.385. The molecule has 1 aromatic heterocycles. The van der Waals surface area contributed by atoms with Gasteiger partial charge in [0.25, 0.3) is 0 Å². The zero-order chi connectivity index (χ0) is 9.14. The summed E-state index contributed by atoms with van der Waals surface area (Å²) in [5, 5.41) is 14.2. The van der Waals surface area contributed by atoms with Crippen molar-refractivity contribution in [3.05, 3.63) is 16.3 Å². The van der Waals surface area contributed by atoms with E-state index in [1.165, 1.54) is 18.0 Å². The van der Waals surface area contributed by atoms with E-state index in [4.69, 9.17) is 4.74 Å². The van der Waals surface area contributed by atoms with Crippen molar-refractivity contribution in [3.63, 3.8) is 0 Å². The Kier molecular flexibility index (Phi) is 2.27. The number of ether oxygens (including phenoxy) is 1. The molecule has 66 valence electrons. The van der Waals surface area contributed by atoms with Gasteiger partial charge in [-0.15, -0.1) is 5.10 Å². The lowest BCUT2D eigenvalue weighted by Gasteiger charge is -1.90. The number of methoxy groups -OCH3 is 1. The van der Waals surface area contributed by atoms with Crippen LogP contribution in [0.3, 0.4) is 0 Å². The van der Waals surface area contributed by atoms with Crippen LogP contribution < -0.4 is 4.74 Å². The number of aromatic nitrogens is 2. The quantitative estimate of drug-likeness (QED) is 0.498. The van der Waals surface area contributed by atoms with Crippen molar-refractivity contribution in [2.75, 3.05) is 7.11 Å². The highest BCUT2D eigenvalue weighted by atomic mass is 16.6. The van der Waals surface area contributed by atoms with Crippen molar-refractivity contribution in [2.24, 2.45) is 0 Å². The molecule has 0 atom stereocenters. The zero-order valence-electron chi connectivity index (χ0n) is 6.85. The van der Waals surface area contributed by atoms with Crippen LogP contribution in [-0.4, -0.2) is 21.8 Å². The van der Waals surface area contributed by atoms with Gasteiger partial charge in [-0.25, -0.2) is 0 Å². The van der Waals surface area contributed by atoms with Crippen LogP contribution in [0, 0.1) is 10.1 Å². The summed E-state index contributed by atoms with van der Waals surface area (Å²) in [7, 11) is 1.36. The van der Waals surface area contributed by atoms with Gasteiger partial charge in [-0.2, -0.15) is 0 Å². The first-order valence-corrected chi connectivity index (χ1v) is 3.44. The van der Waals surface area contributed by atoms with E-state index in [1.807, 2.05) is 6.92 Å². The zero-order valence-corrected chi connectivity index (χ0v) is 6.85. The van der Waals surface area contributed by atoms with Gasteiger partial charge in [0.15, 0.2) is 0 Å². The molecule has 0 aliphatic rings. The number of nitro groups is 1. The maximum atomic E-state index is 10.4. The van der Waals surface area contributed by atoms with E-state index < -0.39 is 4.92 Å². The van der Waals surface area contributed by atoms with E-state index in [0.717, 1.165) is 0 Å². The van der Waals surface area contributed by atoms with Gasteiger partial charge < -0.3 is 4.74 Å². The third-order valence-electron chi connectivity index (χ3n) is 1.42. The normalized spacial score (nSPS) is 9.83. The maximum absolute atomic E-state index is 10.4. The third-order valence-corrected chi connectivity index (χ3v) is 1.42. The minimum absolute atomic E-state index is 0.0573. The molecule has 0 fully saturated rings. The summed E-state index contributed by atoms with van der Waals surface area (Å²) in [5.74, 6) is 0.0573. The van der Waals surface area contributed by atoms with E-state index in [9.17, 15) is 10.1 Å². The molecular weight excluding hydrogens is 162 g/mol. The van der Waals surface area contributed by atoms with E-state index >= 15 is 0 Å². The third kappa shape index (κ3) is 1.36. The first kappa shape index (κ1) is 8.51. The average molecular weight is 171 g/mol. The molecule has 0 radical (unpaired) electrons. The Morgan fingerprint density at radius 2 is 2.50 bits per heavy atom. The molecule has 0 saturated carbocycles. The van der Waals surface area contributed by atoms with Crippen molar-refractivity contribution in [2.45, 2.75) is 13.5 Å². The number of hydrogen-bond donors (Lipinski definition) is 0. The van der Waals surface area contributed by atoms with Crippen LogP contribution in [0.4, 0.5) is 5.69 Å². The van der Waals surface area contributed by atoms with Crippen LogP contribution in [0.15, 0.2) is 6.20 Å². The van der Waals surface area contributed by atoms with Gasteiger partial charge in [0.05, 0.1) is 12.0 Å². The van der Waals surface area contributed by atoms with Crippen LogP contribution >= 0.6 is 0 Å². The second-order valence-electron chi connectivity index (χ2n) is 2.14. The van der Waals surface area contributed by atoms with Gasteiger partial charge in [0, 0.05) is 6.54 Å². The largest absolute Gasteiger partial charge is 0.475 e. The van der Waals surface area contributed by atoms with E-state index in [1.54, 1.807) is 0 Å². The van der Waals surface area contributed by atoms with Gasteiger partial charge in [-0.05, 0) is 6.92 Å². The molecule has 0 saturated heterocycles. The SMILES string of the molecule is CCn1cc([N+](=O)[O-])c(OC)n1. The Morgan fingerprint density at radius 1 is 1.83 bits per heavy atom. The predicted octanol–water partition coefficient (Wildman–Crippen LogP) is 0.820. The van der Waals surface area contributed by atoms with Crippen molar-refractivity contribution in [1.29, 1.82) is 0 Å². The highest BCUT2D eigenvalue weighted by Crippen LogP contribution is 2.23. The predicted molar refractivity (Wildman–Crippen MR) is 41.1 cm³/mol. The van der Waals surface area contributed by atoms with Crippen LogP contribution in [0.2, 0.25) is 0 Å². The van der Waals surface area contributed by atoms with Gasteiger partial charge in [0.2, 0.25) is 0 Å². The second-order valence-corrected chi connectivity index (χ2v) is 2.14. The summed E-state index contributed by atoms with van der Waals surface area (Å²) in [5.41, 5.74) is -0.0978. The second kappa shape index (κ2) is 3.21. The van der Waals surface area contributed by atoms with Crippen molar-refractivity contribution in [3.8, 4) is 5.88 Å². The van der Waals surface area contributed by atoms with Gasteiger partial charge >= 0.3 is 11.6 Å². The standard InChI is InChI=1S/C6H9N3O3/c1-3-8-4-5(9(10)11)6(7-8)12-2/h4H,3H2,1-2H3. The molecule has 0 spiro atoms. The first-order chi connectivity index (χ1) is 5.69. The Balaban J connectivity index is 3.08. The Bertz CT molecular complexity index is 294. The Labute approximate surface area is 68.9 Å². The number of rotatable bonds is 3. The monoisotopic (exact) mass is 171 g/mol. The molecule has 6 nitrogen and oxygen atoms in total. The first-order valence-electron chi connectivity index (χ1n) is 3.44. The van der Waals surface area contributed by atoms with Crippen LogP contribution in [0.25, 0.3) is 0 Å². The molecule has 0 unspecified atom stereocenters. The fourth-order valence-corrected chi connectivity index (χ4v) is 0.826. The number of aryl methyl sites for hydroxylation is 1. The summed E-state index contributed by atoms with van der Waals surface area (Å²) in [4.78, 5) is 9.87. The molecule has 0 aliphatic carbocycles. The van der Waals surface area contributed by atoms with Crippen LogP contribution in [0.1, 0.15) is 6.92 Å². The molecule has 1 aromatic rings. The molecule has 1 heterocycles. The molecule has 6 heteroatoms. The van der Waals surface area contributed by atoms with Crippen LogP contribution in [0.5, 0.6) is 5.88 Å². The fraction of sp³-hybridized carbons (Fsp3) is 0.500. The topological polar surface area (TPSA) is 70.2 Å². The number of hydrogen-bond acceptors (Lipinski definition) is 4. The summed E-state index contributed by atoms with van der Waals surface area (Å²) in [6.45, 7) is 2.43. The minimum Gasteiger partial charge on any atom is -0.475 e. The molecule has 0 N–H and O–H groups in total. The molecule has 0 aliphatic heterocycles. The maximum Gasteiger partial charge on any atom is 0.350 e. The molecule has 12 heavy (non-hydrogen) atoms. The number of nitrogens with zero attached hydrogens (tertiary/aromatic N) is 3. The molecule has 1 rings (SSSR count). The Hall–Kier alpha value is -1.59. The van der Waals surface area contributed by atoms with Crippen molar-refractivity contribution >= 4 is 5.69 Å². The van der Waals surface area contributed by atoms with Gasteiger partial charge in [-0.1, -0.05) is 0 Å².